The zero-order valence-corrected chi connectivity index (χ0v) is 16.8. The molecular formula is C19H25N7O3. The van der Waals surface area contributed by atoms with Crippen LogP contribution in [0.3, 0.4) is 0 Å². The first kappa shape index (κ1) is 21.6. The van der Waals surface area contributed by atoms with Crippen LogP contribution in [-0.2, 0) is 9.59 Å². The summed E-state index contributed by atoms with van der Waals surface area (Å²) in [5.74, 6) is -1.20. The first-order valence-electron chi connectivity index (χ1n) is 8.94. The van der Waals surface area contributed by atoms with E-state index < -0.39 is 17.7 Å². The molecule has 0 aliphatic carbocycles. The van der Waals surface area contributed by atoms with Gasteiger partial charge in [0.25, 0.3) is 5.91 Å². The van der Waals surface area contributed by atoms with Crippen molar-refractivity contribution in [3.8, 4) is 0 Å². The summed E-state index contributed by atoms with van der Waals surface area (Å²) >= 11 is 0. The average molecular weight is 399 g/mol. The third-order valence-corrected chi connectivity index (χ3v) is 4.57. The molecule has 0 aliphatic heterocycles. The van der Waals surface area contributed by atoms with Gasteiger partial charge in [-0.25, -0.2) is 9.97 Å². The van der Waals surface area contributed by atoms with Crippen LogP contribution in [0.15, 0.2) is 30.5 Å². The van der Waals surface area contributed by atoms with Crippen molar-refractivity contribution in [1.29, 1.82) is 0 Å². The summed E-state index contributed by atoms with van der Waals surface area (Å²) in [5, 5.41) is 6.05. The van der Waals surface area contributed by atoms with Crippen molar-refractivity contribution < 1.29 is 14.4 Å². The topological polar surface area (TPSA) is 156 Å². The summed E-state index contributed by atoms with van der Waals surface area (Å²) in [7, 11) is 1.67. The lowest BCUT2D eigenvalue weighted by molar-refractivity contribution is -0.121. The van der Waals surface area contributed by atoms with Gasteiger partial charge in [-0.2, -0.15) is 0 Å². The van der Waals surface area contributed by atoms with Crippen molar-refractivity contribution in [1.82, 2.24) is 9.97 Å². The Morgan fingerprint density at radius 2 is 1.72 bits per heavy atom. The second-order valence-corrected chi connectivity index (χ2v) is 6.69. The maximum Gasteiger partial charge on any atom is 0.271 e. The molecule has 0 radical (unpaired) electrons. The fraction of sp³-hybridized carbons (Fsp3) is 0.316. The van der Waals surface area contributed by atoms with E-state index in [4.69, 9.17) is 11.5 Å². The highest BCUT2D eigenvalue weighted by molar-refractivity contribution is 5.96. The summed E-state index contributed by atoms with van der Waals surface area (Å²) in [6.45, 7) is 4.96. The Kier molecular flexibility index (Phi) is 6.71. The fourth-order valence-corrected chi connectivity index (χ4v) is 2.42. The van der Waals surface area contributed by atoms with Gasteiger partial charge in [0.15, 0.2) is 11.5 Å². The largest absolute Gasteiger partial charge is 0.369 e. The van der Waals surface area contributed by atoms with Gasteiger partial charge in [-0.05, 0) is 31.2 Å². The summed E-state index contributed by atoms with van der Waals surface area (Å²) in [5.41, 5.74) is 12.0. The summed E-state index contributed by atoms with van der Waals surface area (Å²) < 4.78 is 0. The molecule has 10 nitrogen and oxygen atoms in total. The Morgan fingerprint density at radius 3 is 2.24 bits per heavy atom. The molecule has 2 aromatic rings. The van der Waals surface area contributed by atoms with Crippen LogP contribution in [0.4, 0.5) is 23.0 Å². The minimum atomic E-state index is -0.738. The maximum atomic E-state index is 11.7. The van der Waals surface area contributed by atoms with E-state index in [1.54, 1.807) is 45.2 Å². The first-order valence-corrected chi connectivity index (χ1v) is 8.94. The zero-order valence-electron chi connectivity index (χ0n) is 16.8. The molecule has 2 rings (SSSR count). The fourth-order valence-electron chi connectivity index (χ4n) is 2.42. The number of primary amides is 2. The third-order valence-electron chi connectivity index (χ3n) is 4.57. The van der Waals surface area contributed by atoms with E-state index in [0.29, 0.717) is 17.2 Å². The Labute approximate surface area is 168 Å². The van der Waals surface area contributed by atoms with E-state index >= 15 is 0 Å². The van der Waals surface area contributed by atoms with Crippen LogP contribution in [0.25, 0.3) is 0 Å². The number of benzene rings is 1. The highest BCUT2D eigenvalue weighted by Crippen LogP contribution is 2.23. The number of hydrogen-bond acceptors (Lipinski definition) is 7. The molecule has 0 bridgehead atoms. The van der Waals surface area contributed by atoms with Gasteiger partial charge < -0.3 is 27.0 Å². The smallest absolute Gasteiger partial charge is 0.271 e. The molecule has 10 heteroatoms. The van der Waals surface area contributed by atoms with Crippen molar-refractivity contribution >= 4 is 40.7 Å². The van der Waals surface area contributed by atoms with Gasteiger partial charge in [0, 0.05) is 31.4 Å². The van der Waals surface area contributed by atoms with Gasteiger partial charge in [0.05, 0.1) is 12.1 Å². The quantitative estimate of drug-likeness (QED) is 0.520. The van der Waals surface area contributed by atoms with E-state index in [2.05, 4.69) is 20.6 Å². The number of nitrogens with zero attached hydrogens (tertiary/aromatic N) is 3. The lowest BCUT2D eigenvalue weighted by Gasteiger charge is -2.20. The third kappa shape index (κ3) is 5.41. The van der Waals surface area contributed by atoms with Crippen LogP contribution in [0, 0.1) is 5.92 Å². The second kappa shape index (κ2) is 9.00. The molecule has 1 aromatic heterocycles. The molecule has 6 N–H and O–H groups in total. The van der Waals surface area contributed by atoms with E-state index in [1.807, 2.05) is 0 Å². The van der Waals surface area contributed by atoms with Crippen LogP contribution in [0.1, 0.15) is 31.3 Å². The van der Waals surface area contributed by atoms with Crippen molar-refractivity contribution in [3.05, 3.63) is 36.2 Å². The lowest BCUT2D eigenvalue weighted by Crippen LogP contribution is -2.34. The predicted molar refractivity (Wildman–Crippen MR) is 111 cm³/mol. The molecule has 29 heavy (non-hydrogen) atoms. The minimum Gasteiger partial charge on any atom is -0.369 e. The monoisotopic (exact) mass is 399 g/mol. The Morgan fingerprint density at radius 1 is 1.10 bits per heavy atom. The van der Waals surface area contributed by atoms with Crippen LogP contribution in [0.5, 0.6) is 0 Å². The van der Waals surface area contributed by atoms with Gasteiger partial charge in [0.1, 0.15) is 5.82 Å². The molecule has 1 heterocycles. The highest BCUT2D eigenvalue weighted by Gasteiger charge is 2.19. The van der Waals surface area contributed by atoms with E-state index in [1.165, 1.54) is 18.0 Å². The van der Waals surface area contributed by atoms with Crippen LogP contribution in [-0.4, -0.2) is 40.8 Å². The Bertz CT molecular complexity index is 915. The number of carbonyl (C=O) groups is 3. The van der Waals surface area contributed by atoms with E-state index in [0.717, 1.165) is 0 Å². The summed E-state index contributed by atoms with van der Waals surface area (Å²) in [6, 6.07) is 6.67. The number of hydrogen-bond donors (Lipinski definition) is 4. The Hall–Kier alpha value is -3.69. The zero-order chi connectivity index (χ0) is 21.7. The first-order chi connectivity index (χ1) is 13.6. The van der Waals surface area contributed by atoms with Gasteiger partial charge in [-0.15, -0.1) is 0 Å². The van der Waals surface area contributed by atoms with Crippen molar-refractivity contribution in [2.45, 2.75) is 26.8 Å². The molecule has 0 spiro atoms. The molecular weight excluding hydrogens is 374 g/mol. The van der Waals surface area contributed by atoms with E-state index in [9.17, 15) is 14.4 Å². The molecule has 154 valence electrons. The van der Waals surface area contributed by atoms with Crippen LogP contribution < -0.4 is 27.0 Å². The normalized spacial score (nSPS) is 12.6. The van der Waals surface area contributed by atoms with Gasteiger partial charge in [0.2, 0.25) is 11.8 Å². The number of carbonyl (C=O) groups excluding carboxylic acids is 3. The SMILES string of the molecule is CC(=O)N(C)c1ccc(Nc2nc(NC(C)C(C)C(N)=O)cnc2C(N)=O)cc1. The lowest BCUT2D eigenvalue weighted by atomic mass is 10.0. The van der Waals surface area contributed by atoms with Crippen molar-refractivity contribution in [2.75, 3.05) is 22.6 Å². The van der Waals surface area contributed by atoms with Crippen molar-refractivity contribution in [2.24, 2.45) is 17.4 Å². The van der Waals surface area contributed by atoms with Gasteiger partial charge in [-0.1, -0.05) is 6.92 Å². The maximum absolute atomic E-state index is 11.7. The van der Waals surface area contributed by atoms with E-state index in [-0.39, 0.29) is 23.5 Å². The van der Waals surface area contributed by atoms with Crippen molar-refractivity contribution in [3.63, 3.8) is 0 Å². The molecule has 1 aromatic carbocycles. The number of nitrogens with two attached hydrogens (primary N) is 2. The Balaban J connectivity index is 2.27. The molecule has 0 saturated carbocycles. The standard InChI is InChI=1S/C19H25N7O3/c1-10(17(20)28)11(2)23-15-9-22-16(18(21)29)19(25-15)24-13-5-7-14(8-6-13)26(4)12(3)27/h5-11H,1-4H3,(H2,20,28)(H2,21,29)(H2,23,24,25). The number of aromatic nitrogens is 2. The van der Waals surface area contributed by atoms with Crippen LogP contribution in [0.2, 0.25) is 0 Å². The molecule has 0 saturated heterocycles. The van der Waals surface area contributed by atoms with Gasteiger partial charge in [-0.3, -0.25) is 14.4 Å². The molecule has 3 amide bonds. The number of rotatable bonds is 8. The molecule has 0 fully saturated rings. The minimum absolute atomic E-state index is 0.0314. The average Bonchev–Trinajstić information content (AvgIpc) is 2.67. The molecule has 2 atom stereocenters. The predicted octanol–water partition coefficient (Wildman–Crippen LogP) is 1.22. The highest BCUT2D eigenvalue weighted by atomic mass is 16.2. The number of amides is 3. The second-order valence-electron chi connectivity index (χ2n) is 6.69. The number of anilines is 4. The summed E-state index contributed by atoms with van der Waals surface area (Å²) in [4.78, 5) is 44.5. The van der Waals surface area contributed by atoms with Crippen LogP contribution >= 0.6 is 0 Å². The molecule has 2 unspecified atom stereocenters. The summed E-state index contributed by atoms with van der Waals surface area (Å²) in [6.07, 6.45) is 1.36. The number of nitrogens with one attached hydrogen (secondary N) is 2. The van der Waals surface area contributed by atoms with Gasteiger partial charge >= 0.3 is 0 Å². The molecule has 0 aliphatic rings.